The Bertz CT molecular complexity index is 410. The summed E-state index contributed by atoms with van der Waals surface area (Å²) in [5, 5.41) is 0. The number of benzene rings is 1. The summed E-state index contributed by atoms with van der Waals surface area (Å²) in [4.78, 5) is 22.7. The summed E-state index contributed by atoms with van der Waals surface area (Å²) in [5.74, 6) is -0.836. The number of hydrogen-bond acceptors (Lipinski definition) is 3. The molecule has 0 bridgehead atoms. The minimum absolute atomic E-state index is 0.233. The van der Waals surface area contributed by atoms with Crippen LogP contribution in [0.2, 0.25) is 0 Å². The van der Waals surface area contributed by atoms with E-state index in [-0.39, 0.29) is 17.9 Å². The van der Waals surface area contributed by atoms with Crippen molar-refractivity contribution in [3.63, 3.8) is 0 Å². The van der Waals surface area contributed by atoms with Crippen LogP contribution in [0.4, 0.5) is 0 Å². The highest BCUT2D eigenvalue weighted by Crippen LogP contribution is 2.05. The van der Waals surface area contributed by atoms with Gasteiger partial charge in [-0.2, -0.15) is 0 Å². The molecule has 0 fully saturated rings. The maximum absolute atomic E-state index is 11.7. The molecule has 4 heteroatoms. The van der Waals surface area contributed by atoms with E-state index in [1.54, 1.807) is 24.3 Å². The fourth-order valence-corrected chi connectivity index (χ4v) is 1.27. The van der Waals surface area contributed by atoms with Crippen LogP contribution in [0, 0.1) is 0 Å². The Labute approximate surface area is 93.9 Å². The first-order valence-corrected chi connectivity index (χ1v) is 4.95. The Hall–Kier alpha value is -1.94. The van der Waals surface area contributed by atoms with Crippen LogP contribution in [0.15, 0.2) is 42.0 Å². The molecule has 1 aromatic carbocycles. The van der Waals surface area contributed by atoms with Gasteiger partial charge in [-0.1, -0.05) is 30.3 Å². The van der Waals surface area contributed by atoms with Gasteiger partial charge in [-0.3, -0.25) is 9.59 Å². The molecule has 0 saturated carbocycles. The number of rotatable bonds is 5. The predicted octanol–water partition coefficient (Wildman–Crippen LogP) is 0.630. The Balaban J connectivity index is 2.89. The van der Waals surface area contributed by atoms with Crippen molar-refractivity contribution in [2.75, 3.05) is 6.54 Å². The van der Waals surface area contributed by atoms with Gasteiger partial charge in [0.25, 0.3) is 0 Å². The summed E-state index contributed by atoms with van der Waals surface area (Å²) < 4.78 is 0. The maximum atomic E-state index is 11.7. The lowest BCUT2D eigenvalue weighted by atomic mass is 10.1. The monoisotopic (exact) mass is 218 g/mol. The summed E-state index contributed by atoms with van der Waals surface area (Å²) in [6.45, 7) is 0.289. The number of carbonyl (C=O) groups is 2. The van der Waals surface area contributed by atoms with Gasteiger partial charge in [0.15, 0.2) is 5.78 Å². The molecule has 0 aliphatic rings. The molecule has 1 rings (SSSR count). The molecule has 0 heterocycles. The van der Waals surface area contributed by atoms with Crippen LogP contribution in [0.3, 0.4) is 0 Å². The third kappa shape index (κ3) is 3.33. The van der Waals surface area contributed by atoms with Crippen LogP contribution in [0.25, 0.3) is 0 Å². The van der Waals surface area contributed by atoms with Crippen LogP contribution in [-0.2, 0) is 4.79 Å². The van der Waals surface area contributed by atoms with E-state index in [0.717, 1.165) is 0 Å². The number of primary amides is 1. The van der Waals surface area contributed by atoms with Gasteiger partial charge in [-0.25, -0.2) is 0 Å². The van der Waals surface area contributed by atoms with E-state index in [0.29, 0.717) is 12.0 Å². The molecular weight excluding hydrogens is 204 g/mol. The van der Waals surface area contributed by atoms with Gasteiger partial charge in [0.2, 0.25) is 5.91 Å². The van der Waals surface area contributed by atoms with Gasteiger partial charge < -0.3 is 11.5 Å². The van der Waals surface area contributed by atoms with E-state index in [4.69, 9.17) is 11.5 Å². The second-order valence-corrected chi connectivity index (χ2v) is 3.30. The quantitative estimate of drug-likeness (QED) is 0.561. The molecule has 0 unspecified atom stereocenters. The summed E-state index contributed by atoms with van der Waals surface area (Å²) in [6, 6.07) is 8.69. The maximum Gasteiger partial charge on any atom is 0.244 e. The molecule has 4 N–H and O–H groups in total. The second-order valence-electron chi connectivity index (χ2n) is 3.30. The smallest absolute Gasteiger partial charge is 0.244 e. The van der Waals surface area contributed by atoms with Crippen molar-refractivity contribution in [3.8, 4) is 0 Å². The van der Waals surface area contributed by atoms with Crippen molar-refractivity contribution in [1.29, 1.82) is 0 Å². The Kier molecular flexibility index (Phi) is 4.42. The first-order chi connectivity index (χ1) is 7.65. The molecule has 0 spiro atoms. The number of hydrogen-bond donors (Lipinski definition) is 2. The van der Waals surface area contributed by atoms with Gasteiger partial charge >= 0.3 is 0 Å². The van der Waals surface area contributed by atoms with Crippen LogP contribution in [0.5, 0.6) is 0 Å². The molecule has 1 amide bonds. The largest absolute Gasteiger partial charge is 0.366 e. The average molecular weight is 218 g/mol. The first kappa shape index (κ1) is 12.1. The van der Waals surface area contributed by atoms with E-state index < -0.39 is 5.91 Å². The highest BCUT2D eigenvalue weighted by atomic mass is 16.1. The highest BCUT2D eigenvalue weighted by Gasteiger charge is 2.08. The zero-order chi connectivity index (χ0) is 12.0. The lowest BCUT2D eigenvalue weighted by Gasteiger charge is -2.00. The zero-order valence-corrected chi connectivity index (χ0v) is 8.85. The molecule has 1 aromatic rings. The van der Waals surface area contributed by atoms with Gasteiger partial charge in [0, 0.05) is 11.1 Å². The molecule has 0 saturated heterocycles. The molecule has 0 aromatic heterocycles. The van der Waals surface area contributed by atoms with Crippen LogP contribution in [-0.4, -0.2) is 18.2 Å². The lowest BCUT2D eigenvalue weighted by Crippen LogP contribution is -2.18. The normalized spacial score (nSPS) is 11.2. The topological polar surface area (TPSA) is 86.2 Å². The molecule has 84 valence electrons. The highest BCUT2D eigenvalue weighted by molar-refractivity contribution is 6.09. The molecule has 16 heavy (non-hydrogen) atoms. The van der Waals surface area contributed by atoms with Crippen molar-refractivity contribution in [2.24, 2.45) is 11.5 Å². The molecule has 0 aliphatic carbocycles. The molecular formula is C12H14N2O2. The Morgan fingerprint density at radius 3 is 2.31 bits per heavy atom. The fraction of sp³-hybridized carbons (Fsp3) is 0.167. The van der Waals surface area contributed by atoms with Crippen molar-refractivity contribution in [2.45, 2.75) is 6.42 Å². The third-order valence-corrected chi connectivity index (χ3v) is 2.09. The van der Waals surface area contributed by atoms with Gasteiger partial charge in [-0.15, -0.1) is 0 Å². The molecule has 0 radical (unpaired) electrons. The fourth-order valence-electron chi connectivity index (χ4n) is 1.27. The van der Waals surface area contributed by atoms with Gasteiger partial charge in [-0.05, 0) is 19.0 Å². The summed E-state index contributed by atoms with van der Waals surface area (Å²) in [7, 11) is 0. The molecule has 0 atom stereocenters. The van der Waals surface area contributed by atoms with E-state index in [1.807, 2.05) is 6.07 Å². The summed E-state index contributed by atoms with van der Waals surface area (Å²) in [6.07, 6.45) is 1.57. The van der Waals surface area contributed by atoms with E-state index >= 15 is 0 Å². The lowest BCUT2D eigenvalue weighted by molar-refractivity contribution is -0.114. The average Bonchev–Trinajstić information content (AvgIpc) is 2.29. The SMILES string of the molecule is NCC/C(=C\C(=O)c1ccccc1)C(N)=O. The zero-order valence-electron chi connectivity index (χ0n) is 8.85. The van der Waals surface area contributed by atoms with Gasteiger partial charge in [0.1, 0.15) is 0 Å². The predicted molar refractivity (Wildman–Crippen MR) is 61.7 cm³/mol. The number of nitrogens with two attached hydrogens (primary N) is 2. The second kappa shape index (κ2) is 5.82. The van der Waals surface area contributed by atoms with Crippen molar-refractivity contribution in [3.05, 3.63) is 47.5 Å². The summed E-state index contributed by atoms with van der Waals surface area (Å²) >= 11 is 0. The van der Waals surface area contributed by atoms with Crippen LogP contribution >= 0.6 is 0 Å². The minimum atomic E-state index is -0.602. The number of amides is 1. The van der Waals surface area contributed by atoms with E-state index in [9.17, 15) is 9.59 Å². The van der Waals surface area contributed by atoms with Crippen molar-refractivity contribution >= 4 is 11.7 Å². The molecule has 4 nitrogen and oxygen atoms in total. The number of carbonyl (C=O) groups excluding carboxylic acids is 2. The van der Waals surface area contributed by atoms with Crippen LogP contribution in [0.1, 0.15) is 16.8 Å². The summed E-state index contributed by atoms with van der Waals surface area (Å²) in [5.41, 5.74) is 11.2. The van der Waals surface area contributed by atoms with Crippen LogP contribution < -0.4 is 11.5 Å². The van der Waals surface area contributed by atoms with Crippen molar-refractivity contribution in [1.82, 2.24) is 0 Å². The Morgan fingerprint density at radius 2 is 1.81 bits per heavy atom. The minimum Gasteiger partial charge on any atom is -0.366 e. The van der Waals surface area contributed by atoms with E-state index in [2.05, 4.69) is 0 Å². The van der Waals surface area contributed by atoms with E-state index in [1.165, 1.54) is 6.08 Å². The van der Waals surface area contributed by atoms with Crippen molar-refractivity contribution < 1.29 is 9.59 Å². The standard InChI is InChI=1S/C12H14N2O2/c13-7-6-10(12(14)16)8-11(15)9-4-2-1-3-5-9/h1-5,8H,6-7,13H2,(H2,14,16)/b10-8+. The number of ketones is 1. The Morgan fingerprint density at radius 1 is 1.19 bits per heavy atom. The first-order valence-electron chi connectivity index (χ1n) is 4.95. The number of allylic oxidation sites excluding steroid dienone is 1. The van der Waals surface area contributed by atoms with Gasteiger partial charge in [0.05, 0.1) is 0 Å². The molecule has 0 aliphatic heterocycles. The third-order valence-electron chi connectivity index (χ3n) is 2.09.